The van der Waals surface area contributed by atoms with Crippen LogP contribution in [0, 0.1) is 0 Å². The van der Waals surface area contributed by atoms with E-state index in [1.165, 1.54) is 0 Å². The summed E-state index contributed by atoms with van der Waals surface area (Å²) >= 11 is 5.90. The number of benzene rings is 1. The Morgan fingerprint density at radius 3 is 2.90 bits per heavy atom. The largest absolute Gasteiger partial charge is 0.368 e. The molecule has 2 amide bonds. The number of aromatic amines is 1. The van der Waals surface area contributed by atoms with Crippen molar-refractivity contribution in [2.75, 3.05) is 6.61 Å². The zero-order valence-corrected chi connectivity index (χ0v) is 11.9. The van der Waals surface area contributed by atoms with Crippen LogP contribution in [0.15, 0.2) is 24.3 Å². The molecule has 0 aliphatic carbocycles. The lowest BCUT2D eigenvalue weighted by Gasteiger charge is -2.10. The van der Waals surface area contributed by atoms with Crippen LogP contribution in [0.5, 0.6) is 0 Å². The molecule has 0 radical (unpaired) electrons. The van der Waals surface area contributed by atoms with Crippen LogP contribution < -0.4 is 10.9 Å². The van der Waals surface area contributed by atoms with Gasteiger partial charge in [-0.25, -0.2) is 0 Å². The molecule has 1 fully saturated rings. The molecule has 1 saturated heterocycles. The number of hydrogen-bond donors (Lipinski definition) is 3. The lowest BCUT2D eigenvalue weighted by Crippen LogP contribution is -2.46. The van der Waals surface area contributed by atoms with Gasteiger partial charge in [0.1, 0.15) is 11.8 Å². The lowest BCUT2D eigenvalue weighted by atomic mass is 10.2. The van der Waals surface area contributed by atoms with E-state index in [0.29, 0.717) is 23.7 Å². The standard InChI is InChI=1S/C14H14ClN3O3/c15-9-3-4-10-8(6-9)7-11(16-10)13(19)17-18-14(20)12-2-1-5-21-12/h3-4,6-7,12,16H,1-2,5H2,(H,17,19)(H,18,20). The Morgan fingerprint density at radius 2 is 2.14 bits per heavy atom. The Hall–Kier alpha value is -2.05. The highest BCUT2D eigenvalue weighted by Gasteiger charge is 2.24. The number of nitrogens with one attached hydrogen (secondary N) is 3. The highest BCUT2D eigenvalue weighted by Crippen LogP contribution is 2.20. The normalized spacial score (nSPS) is 17.9. The van der Waals surface area contributed by atoms with E-state index in [4.69, 9.17) is 16.3 Å². The Bertz CT molecular complexity index is 692. The molecule has 2 aromatic rings. The summed E-state index contributed by atoms with van der Waals surface area (Å²) in [5.41, 5.74) is 5.89. The molecule has 110 valence electrons. The van der Waals surface area contributed by atoms with Crippen molar-refractivity contribution in [3.8, 4) is 0 Å². The first-order valence-electron chi connectivity index (χ1n) is 6.63. The van der Waals surface area contributed by atoms with Gasteiger partial charge in [-0.15, -0.1) is 0 Å². The van der Waals surface area contributed by atoms with E-state index in [1.807, 2.05) is 0 Å². The van der Waals surface area contributed by atoms with Crippen molar-refractivity contribution in [2.45, 2.75) is 18.9 Å². The van der Waals surface area contributed by atoms with Gasteiger partial charge in [0.2, 0.25) is 0 Å². The second-order valence-corrected chi connectivity index (χ2v) is 5.30. The summed E-state index contributed by atoms with van der Waals surface area (Å²) in [6, 6.07) is 6.96. The summed E-state index contributed by atoms with van der Waals surface area (Å²) in [5, 5.41) is 1.43. The predicted molar refractivity (Wildman–Crippen MR) is 77.9 cm³/mol. The molecule has 2 heterocycles. The Balaban J connectivity index is 1.65. The molecular weight excluding hydrogens is 294 g/mol. The van der Waals surface area contributed by atoms with Crippen LogP contribution in [0.1, 0.15) is 23.3 Å². The lowest BCUT2D eigenvalue weighted by molar-refractivity contribution is -0.130. The maximum absolute atomic E-state index is 12.0. The van der Waals surface area contributed by atoms with Gasteiger partial charge < -0.3 is 9.72 Å². The van der Waals surface area contributed by atoms with Crippen molar-refractivity contribution >= 4 is 34.3 Å². The van der Waals surface area contributed by atoms with E-state index in [-0.39, 0.29) is 5.91 Å². The van der Waals surface area contributed by atoms with Crippen LogP contribution in [-0.2, 0) is 9.53 Å². The molecule has 3 rings (SSSR count). The molecule has 1 aromatic carbocycles. The summed E-state index contributed by atoms with van der Waals surface area (Å²) in [7, 11) is 0. The SMILES string of the molecule is O=C(NNC(=O)C1CCCO1)c1cc2cc(Cl)ccc2[nH]1. The monoisotopic (exact) mass is 307 g/mol. The van der Waals surface area contributed by atoms with E-state index in [0.717, 1.165) is 17.3 Å². The fourth-order valence-corrected chi connectivity index (χ4v) is 2.46. The Kier molecular flexibility index (Phi) is 3.81. The molecule has 1 aromatic heterocycles. The van der Waals surface area contributed by atoms with Crippen LogP contribution in [0.4, 0.5) is 0 Å². The first-order chi connectivity index (χ1) is 10.1. The molecule has 1 atom stereocenters. The van der Waals surface area contributed by atoms with E-state index in [1.54, 1.807) is 24.3 Å². The first kappa shape index (κ1) is 13.9. The minimum atomic E-state index is -0.480. The molecule has 6 nitrogen and oxygen atoms in total. The predicted octanol–water partition coefficient (Wildman–Crippen LogP) is 1.76. The number of hydrazine groups is 1. The molecule has 7 heteroatoms. The topological polar surface area (TPSA) is 83.2 Å². The molecule has 3 N–H and O–H groups in total. The number of rotatable bonds is 2. The van der Waals surface area contributed by atoms with Crippen molar-refractivity contribution < 1.29 is 14.3 Å². The van der Waals surface area contributed by atoms with Gasteiger partial charge in [-0.05, 0) is 37.1 Å². The van der Waals surface area contributed by atoms with Gasteiger partial charge in [0.15, 0.2) is 0 Å². The zero-order valence-electron chi connectivity index (χ0n) is 11.1. The van der Waals surface area contributed by atoms with Gasteiger partial charge in [0.25, 0.3) is 11.8 Å². The summed E-state index contributed by atoms with van der Waals surface area (Å²) in [4.78, 5) is 26.7. The van der Waals surface area contributed by atoms with E-state index in [2.05, 4.69) is 15.8 Å². The van der Waals surface area contributed by atoms with Crippen LogP contribution in [0.25, 0.3) is 10.9 Å². The van der Waals surface area contributed by atoms with Crippen molar-refractivity contribution in [1.82, 2.24) is 15.8 Å². The smallest absolute Gasteiger partial charge is 0.286 e. The van der Waals surface area contributed by atoms with Gasteiger partial charge in [0, 0.05) is 22.5 Å². The van der Waals surface area contributed by atoms with Crippen LogP contribution in [0.3, 0.4) is 0 Å². The molecule has 0 bridgehead atoms. The van der Waals surface area contributed by atoms with E-state index < -0.39 is 12.0 Å². The number of carbonyl (C=O) groups is 2. The minimum absolute atomic E-state index is 0.333. The highest BCUT2D eigenvalue weighted by atomic mass is 35.5. The molecular formula is C14H14ClN3O3. The second kappa shape index (κ2) is 5.75. The second-order valence-electron chi connectivity index (χ2n) is 4.86. The molecule has 1 unspecified atom stereocenters. The van der Waals surface area contributed by atoms with Crippen molar-refractivity contribution in [3.63, 3.8) is 0 Å². The first-order valence-corrected chi connectivity index (χ1v) is 7.01. The summed E-state index contributed by atoms with van der Waals surface area (Å²) in [6.07, 6.45) is 1.05. The third kappa shape index (κ3) is 3.01. The number of hydrogen-bond acceptors (Lipinski definition) is 3. The third-order valence-electron chi connectivity index (χ3n) is 3.35. The Morgan fingerprint density at radius 1 is 1.29 bits per heavy atom. The number of amides is 2. The average molecular weight is 308 g/mol. The number of H-pyrrole nitrogens is 1. The molecule has 0 saturated carbocycles. The molecule has 21 heavy (non-hydrogen) atoms. The summed E-state index contributed by atoms with van der Waals surface area (Å²) in [6.45, 7) is 0.578. The van der Waals surface area contributed by atoms with Gasteiger partial charge in [-0.2, -0.15) is 0 Å². The highest BCUT2D eigenvalue weighted by molar-refractivity contribution is 6.31. The summed E-state index contributed by atoms with van der Waals surface area (Å²) in [5.74, 6) is -0.756. The fraction of sp³-hybridized carbons (Fsp3) is 0.286. The van der Waals surface area contributed by atoms with Crippen molar-refractivity contribution in [1.29, 1.82) is 0 Å². The van der Waals surface area contributed by atoms with Gasteiger partial charge in [-0.1, -0.05) is 11.6 Å². The van der Waals surface area contributed by atoms with Crippen LogP contribution >= 0.6 is 11.6 Å². The van der Waals surface area contributed by atoms with Crippen molar-refractivity contribution in [3.05, 3.63) is 35.0 Å². The number of aromatic nitrogens is 1. The van der Waals surface area contributed by atoms with Crippen molar-refractivity contribution in [2.24, 2.45) is 0 Å². The molecule has 1 aliphatic rings. The number of ether oxygens (including phenoxy) is 1. The van der Waals surface area contributed by atoms with E-state index >= 15 is 0 Å². The zero-order chi connectivity index (χ0) is 14.8. The summed E-state index contributed by atoms with van der Waals surface area (Å²) < 4.78 is 5.23. The quantitative estimate of drug-likeness (QED) is 0.739. The maximum atomic E-state index is 12.0. The molecule has 1 aliphatic heterocycles. The van der Waals surface area contributed by atoms with Gasteiger partial charge in [0.05, 0.1) is 0 Å². The Labute approximate surface area is 125 Å². The number of halogens is 1. The van der Waals surface area contributed by atoms with Gasteiger partial charge in [-0.3, -0.25) is 20.4 Å². The fourth-order valence-electron chi connectivity index (χ4n) is 2.28. The van der Waals surface area contributed by atoms with Crippen LogP contribution in [-0.4, -0.2) is 29.5 Å². The van der Waals surface area contributed by atoms with Gasteiger partial charge >= 0.3 is 0 Å². The maximum Gasteiger partial charge on any atom is 0.286 e. The minimum Gasteiger partial charge on any atom is -0.368 e. The van der Waals surface area contributed by atoms with E-state index in [9.17, 15) is 9.59 Å². The number of carbonyl (C=O) groups excluding carboxylic acids is 2. The molecule has 0 spiro atoms. The van der Waals surface area contributed by atoms with Crippen LogP contribution in [0.2, 0.25) is 5.02 Å². The number of fused-ring (bicyclic) bond motifs is 1. The third-order valence-corrected chi connectivity index (χ3v) is 3.58. The average Bonchev–Trinajstić information content (AvgIpc) is 3.12.